The van der Waals surface area contributed by atoms with Crippen molar-refractivity contribution in [2.45, 2.75) is 6.54 Å². The largest absolute Gasteiger partial charge is 0.320 e. The van der Waals surface area contributed by atoms with Gasteiger partial charge < -0.3 is 5.73 Å². The van der Waals surface area contributed by atoms with Crippen LogP contribution in [0.25, 0.3) is 11.4 Å². The Morgan fingerprint density at radius 3 is 2.90 bits per heavy atom. The van der Waals surface area contributed by atoms with E-state index < -0.39 is 0 Å². The van der Waals surface area contributed by atoms with Crippen molar-refractivity contribution in [1.82, 2.24) is 20.2 Å². The fourth-order valence-corrected chi connectivity index (χ4v) is 2.62. The van der Waals surface area contributed by atoms with Crippen LogP contribution in [0.5, 0.6) is 0 Å². The van der Waals surface area contributed by atoms with E-state index >= 15 is 0 Å². The number of nitrogens with two attached hydrogens (primary N) is 1. The molecule has 2 N–H and O–H groups in total. The summed E-state index contributed by atoms with van der Waals surface area (Å²) < 4.78 is 0. The lowest BCUT2D eigenvalue weighted by atomic mass is 10.2. The van der Waals surface area contributed by atoms with Gasteiger partial charge in [-0.05, 0) is 11.3 Å². The monoisotopic (exact) mass is 295 g/mol. The van der Waals surface area contributed by atoms with Gasteiger partial charge in [0.1, 0.15) is 0 Å². The minimum Gasteiger partial charge on any atom is -0.320 e. The summed E-state index contributed by atoms with van der Waals surface area (Å²) in [6.45, 7) is 0.963. The van der Waals surface area contributed by atoms with Crippen LogP contribution in [0.3, 0.4) is 0 Å². The number of benzene rings is 1. The number of hydrogen-bond acceptors (Lipinski definition) is 5. The van der Waals surface area contributed by atoms with E-state index in [1.165, 1.54) is 0 Å². The molecule has 0 saturated heterocycles. The summed E-state index contributed by atoms with van der Waals surface area (Å²) in [7, 11) is 0. The van der Waals surface area contributed by atoms with Gasteiger partial charge in [0.2, 0.25) is 5.82 Å². The lowest BCUT2D eigenvalue weighted by Crippen LogP contribution is -2.02. The molecule has 0 radical (unpaired) electrons. The highest BCUT2D eigenvalue weighted by atomic mass is 32.1. The predicted molar refractivity (Wildman–Crippen MR) is 82.6 cm³/mol. The summed E-state index contributed by atoms with van der Waals surface area (Å²) in [6, 6.07) is 11.8. The van der Waals surface area contributed by atoms with Gasteiger partial charge in [-0.2, -0.15) is 4.80 Å². The first-order valence-corrected chi connectivity index (χ1v) is 7.32. The third kappa shape index (κ3) is 3.34. The van der Waals surface area contributed by atoms with Gasteiger partial charge in [0.25, 0.3) is 0 Å². The molecule has 0 spiro atoms. The maximum absolute atomic E-state index is 5.36. The molecule has 0 aliphatic heterocycles. The Bertz CT molecular complexity index is 779. The number of aromatic nitrogens is 4. The summed E-state index contributed by atoms with van der Waals surface area (Å²) in [4.78, 5) is 2.72. The average molecular weight is 295 g/mol. The summed E-state index contributed by atoms with van der Waals surface area (Å²) >= 11 is 1.63. The minimum absolute atomic E-state index is 0.371. The van der Waals surface area contributed by atoms with Crippen molar-refractivity contribution >= 4 is 11.3 Å². The third-order valence-corrected chi connectivity index (χ3v) is 3.69. The van der Waals surface area contributed by atoms with E-state index in [0.29, 0.717) is 18.9 Å². The molecule has 104 valence electrons. The minimum atomic E-state index is 0.371. The molecular formula is C15H13N5S. The average Bonchev–Trinajstić information content (AvgIpc) is 3.16. The van der Waals surface area contributed by atoms with Gasteiger partial charge in [-0.25, -0.2) is 0 Å². The molecule has 0 aliphatic rings. The lowest BCUT2D eigenvalue weighted by Gasteiger charge is -1.94. The van der Waals surface area contributed by atoms with Crippen molar-refractivity contribution in [3.63, 3.8) is 0 Å². The van der Waals surface area contributed by atoms with Crippen molar-refractivity contribution < 1.29 is 0 Å². The maximum atomic E-state index is 5.36. The Hall–Kier alpha value is -2.49. The van der Waals surface area contributed by atoms with Crippen LogP contribution >= 0.6 is 11.3 Å². The number of rotatable bonds is 3. The van der Waals surface area contributed by atoms with E-state index in [4.69, 9.17) is 5.73 Å². The van der Waals surface area contributed by atoms with Crippen molar-refractivity contribution in [2.24, 2.45) is 5.73 Å². The normalized spacial score (nSPS) is 10.1. The van der Waals surface area contributed by atoms with Gasteiger partial charge in [0.05, 0.1) is 13.1 Å². The number of hydrogen-bond donors (Lipinski definition) is 1. The van der Waals surface area contributed by atoms with E-state index in [1.807, 2.05) is 41.8 Å². The van der Waals surface area contributed by atoms with Gasteiger partial charge in [-0.1, -0.05) is 42.2 Å². The number of thiophene rings is 1. The molecule has 0 saturated carbocycles. The van der Waals surface area contributed by atoms with E-state index in [0.717, 1.165) is 16.0 Å². The quantitative estimate of drug-likeness (QED) is 0.748. The van der Waals surface area contributed by atoms with Gasteiger partial charge in [-0.3, -0.25) is 0 Å². The topological polar surface area (TPSA) is 69.6 Å². The van der Waals surface area contributed by atoms with Crippen LogP contribution in [0.2, 0.25) is 0 Å². The first-order chi connectivity index (χ1) is 10.3. The molecule has 5 nitrogen and oxygen atoms in total. The van der Waals surface area contributed by atoms with Crippen molar-refractivity contribution in [2.75, 3.05) is 6.54 Å². The standard InChI is InChI=1S/C15H13N5S/c16-8-4-5-12-9-14(21-11-12)10-20-18-15(17-19-20)13-6-2-1-3-7-13/h1-3,6-7,9,11H,8,10,16H2. The molecule has 1 aromatic carbocycles. The van der Waals surface area contributed by atoms with Gasteiger partial charge in [0.15, 0.2) is 0 Å². The molecule has 3 rings (SSSR count). The highest BCUT2D eigenvalue weighted by Gasteiger charge is 2.06. The Morgan fingerprint density at radius 1 is 1.24 bits per heavy atom. The molecule has 3 aromatic rings. The van der Waals surface area contributed by atoms with Crippen LogP contribution in [0, 0.1) is 11.8 Å². The van der Waals surface area contributed by atoms with Crippen LogP contribution in [0.15, 0.2) is 41.8 Å². The molecular weight excluding hydrogens is 282 g/mol. The second-order valence-electron chi connectivity index (χ2n) is 4.32. The van der Waals surface area contributed by atoms with Crippen LogP contribution in [-0.2, 0) is 6.54 Å². The van der Waals surface area contributed by atoms with Gasteiger partial charge >= 0.3 is 0 Å². The molecule has 0 amide bonds. The number of nitrogens with zero attached hydrogens (tertiary/aromatic N) is 4. The van der Waals surface area contributed by atoms with E-state index in [-0.39, 0.29) is 0 Å². The maximum Gasteiger partial charge on any atom is 0.204 e. The smallest absolute Gasteiger partial charge is 0.204 e. The Kier molecular flexibility index (Phi) is 4.05. The zero-order valence-electron chi connectivity index (χ0n) is 11.2. The molecule has 21 heavy (non-hydrogen) atoms. The highest BCUT2D eigenvalue weighted by molar-refractivity contribution is 7.10. The predicted octanol–water partition coefficient (Wildman–Crippen LogP) is 1.76. The Labute approximate surface area is 126 Å². The lowest BCUT2D eigenvalue weighted by molar-refractivity contribution is 0.578. The molecule has 0 fully saturated rings. The van der Waals surface area contributed by atoms with Crippen molar-refractivity contribution in [3.8, 4) is 23.2 Å². The van der Waals surface area contributed by atoms with E-state index in [2.05, 4.69) is 27.3 Å². The molecule has 6 heteroatoms. The van der Waals surface area contributed by atoms with E-state index in [9.17, 15) is 0 Å². The third-order valence-electron chi connectivity index (χ3n) is 2.77. The highest BCUT2D eigenvalue weighted by Crippen LogP contribution is 2.16. The molecule has 0 atom stereocenters. The van der Waals surface area contributed by atoms with Crippen molar-refractivity contribution in [3.05, 3.63) is 52.2 Å². The summed E-state index contributed by atoms with van der Waals surface area (Å²) in [5, 5.41) is 14.6. The molecule has 0 unspecified atom stereocenters. The van der Waals surface area contributed by atoms with Crippen LogP contribution in [0.1, 0.15) is 10.4 Å². The second kappa shape index (κ2) is 6.31. The van der Waals surface area contributed by atoms with Gasteiger partial charge in [0, 0.05) is 21.4 Å². The summed E-state index contributed by atoms with van der Waals surface area (Å²) in [5.41, 5.74) is 7.30. The van der Waals surface area contributed by atoms with E-state index in [1.54, 1.807) is 16.1 Å². The van der Waals surface area contributed by atoms with Crippen molar-refractivity contribution in [1.29, 1.82) is 0 Å². The summed E-state index contributed by atoms with van der Waals surface area (Å²) in [5.74, 6) is 6.49. The molecule has 2 aromatic heterocycles. The fourth-order valence-electron chi connectivity index (χ4n) is 1.83. The van der Waals surface area contributed by atoms with Gasteiger partial charge in [-0.15, -0.1) is 21.5 Å². The molecule has 0 aliphatic carbocycles. The zero-order chi connectivity index (χ0) is 14.5. The zero-order valence-corrected chi connectivity index (χ0v) is 12.0. The van der Waals surface area contributed by atoms with Crippen LogP contribution in [-0.4, -0.2) is 26.8 Å². The fraction of sp³-hybridized carbons (Fsp3) is 0.133. The summed E-state index contributed by atoms with van der Waals surface area (Å²) in [6.07, 6.45) is 0. The first-order valence-electron chi connectivity index (χ1n) is 6.45. The first kappa shape index (κ1) is 13.5. The molecule has 2 heterocycles. The number of tetrazole rings is 1. The molecule has 0 bridgehead atoms. The Balaban J connectivity index is 1.74. The van der Waals surface area contributed by atoms with Crippen LogP contribution in [0.4, 0.5) is 0 Å². The SMILES string of the molecule is NCC#Cc1csc(Cn2nnc(-c3ccccc3)n2)c1. The van der Waals surface area contributed by atoms with Crippen LogP contribution < -0.4 is 5.73 Å². The second-order valence-corrected chi connectivity index (χ2v) is 5.31. The Morgan fingerprint density at radius 2 is 2.10 bits per heavy atom.